The normalized spacial score (nSPS) is 12.8. The Balaban J connectivity index is 1.36. The summed E-state index contributed by atoms with van der Waals surface area (Å²) in [6.45, 7) is 3.06. The fraction of sp³-hybridized carbons (Fsp3) is 0.0938. The van der Waals surface area contributed by atoms with Gasteiger partial charge in [0.25, 0.3) is 5.78 Å². The van der Waals surface area contributed by atoms with E-state index in [0.29, 0.717) is 5.75 Å². The predicted octanol–water partition coefficient (Wildman–Crippen LogP) is 5.56. The summed E-state index contributed by atoms with van der Waals surface area (Å²) in [4.78, 5) is 30.9. The van der Waals surface area contributed by atoms with E-state index in [1.165, 1.54) is 18.2 Å². The maximum absolute atomic E-state index is 13.0. The molecule has 10 heteroatoms. The lowest BCUT2D eigenvalue weighted by molar-refractivity contribution is -0.135. The minimum atomic E-state index is -4.68. The first-order valence-electron chi connectivity index (χ1n) is 12.8. The molecule has 8 nitrogen and oxygen atoms in total. The van der Waals surface area contributed by atoms with E-state index in [9.17, 15) is 23.5 Å². The van der Waals surface area contributed by atoms with Crippen molar-refractivity contribution in [2.24, 2.45) is 0 Å². The molecule has 1 aliphatic rings. The molecule has 0 heterocycles. The summed E-state index contributed by atoms with van der Waals surface area (Å²) in [5.74, 6) is -1.36. The zero-order valence-electron chi connectivity index (χ0n) is 22.7. The molecule has 4 aromatic carbocycles. The van der Waals surface area contributed by atoms with E-state index in [1.54, 1.807) is 6.07 Å². The topological polar surface area (TPSA) is 123 Å². The highest BCUT2D eigenvalue weighted by Gasteiger charge is 2.37. The van der Waals surface area contributed by atoms with E-state index in [2.05, 4.69) is 29.1 Å². The Labute approximate surface area is 246 Å². The number of allylic oxidation sites excluding steroid dienone is 1. The van der Waals surface area contributed by atoms with Gasteiger partial charge >= 0.3 is 21.8 Å². The summed E-state index contributed by atoms with van der Waals surface area (Å²) in [7, 11) is -5.06. The van der Waals surface area contributed by atoms with Crippen molar-refractivity contribution >= 4 is 43.4 Å². The molecule has 1 aliphatic carbocycles. The number of nitrogens with zero attached hydrogens (tertiary/aromatic N) is 2. The molecule has 0 saturated carbocycles. The van der Waals surface area contributed by atoms with Crippen LogP contribution in [-0.4, -0.2) is 37.3 Å². The standard InChI is InChI=1S/C32H25N2O6S2/c1-21-17-25(41(23-11-5-3-6-12-23)24-13-7-4-8-14-24)18-22(2)32(21)39-20-30(35)40-42(37,38)29-19-28(34-33)31(36)27-16-10-9-15-26(27)29/h3-19H,20H2,1-2H3/q+1. The zero-order valence-corrected chi connectivity index (χ0v) is 24.3. The Morgan fingerprint density at radius 2 is 1.33 bits per heavy atom. The van der Waals surface area contributed by atoms with Crippen LogP contribution in [0.15, 0.2) is 118 Å². The SMILES string of the molecule is Cc1cc([S+](c2ccccc2)c2ccccc2)cc(C)c1OCC(=O)OS(=O)(=O)C1=CC(=[N+]=[N-])C(=O)c2ccccc21. The molecule has 0 fully saturated rings. The lowest BCUT2D eigenvalue weighted by atomic mass is 9.95. The van der Waals surface area contributed by atoms with Crippen molar-refractivity contribution in [1.29, 1.82) is 0 Å². The predicted molar refractivity (Wildman–Crippen MR) is 159 cm³/mol. The van der Waals surface area contributed by atoms with E-state index in [0.717, 1.165) is 31.9 Å². The molecule has 0 amide bonds. The third-order valence-electron chi connectivity index (χ3n) is 6.48. The van der Waals surface area contributed by atoms with Crippen molar-refractivity contribution < 1.29 is 31.7 Å². The van der Waals surface area contributed by atoms with Crippen LogP contribution < -0.4 is 4.74 Å². The summed E-state index contributed by atoms with van der Waals surface area (Å²) in [5.41, 5.74) is 10.3. The number of hydrogen-bond acceptors (Lipinski definition) is 6. The minimum absolute atomic E-state index is 0.00929. The Morgan fingerprint density at radius 3 is 1.88 bits per heavy atom. The van der Waals surface area contributed by atoms with E-state index >= 15 is 0 Å². The van der Waals surface area contributed by atoms with Crippen molar-refractivity contribution in [2.75, 3.05) is 6.61 Å². The molecule has 4 aromatic rings. The first kappa shape index (κ1) is 28.8. The highest BCUT2D eigenvalue weighted by atomic mass is 32.2. The highest BCUT2D eigenvalue weighted by Crippen LogP contribution is 2.36. The van der Waals surface area contributed by atoms with Crippen molar-refractivity contribution in [3.63, 3.8) is 0 Å². The summed E-state index contributed by atoms with van der Waals surface area (Å²) in [5, 5.41) is 0. The van der Waals surface area contributed by atoms with Crippen molar-refractivity contribution in [2.45, 2.75) is 28.5 Å². The van der Waals surface area contributed by atoms with Crippen LogP contribution in [0.5, 0.6) is 5.75 Å². The summed E-state index contributed by atoms with van der Waals surface area (Å²) < 4.78 is 36.7. The zero-order chi connectivity index (χ0) is 29.9. The van der Waals surface area contributed by atoms with Gasteiger partial charge in [0.2, 0.25) is 0 Å². The largest absolute Gasteiger partial charge is 0.481 e. The highest BCUT2D eigenvalue weighted by molar-refractivity contribution is 7.97. The first-order chi connectivity index (χ1) is 20.2. The third kappa shape index (κ3) is 5.82. The Bertz CT molecular complexity index is 1820. The van der Waals surface area contributed by atoms with Crippen molar-refractivity contribution in [1.82, 2.24) is 0 Å². The Morgan fingerprint density at radius 1 is 0.810 bits per heavy atom. The van der Waals surface area contributed by atoms with Gasteiger partial charge in [-0.1, -0.05) is 60.7 Å². The molecule has 0 aliphatic heterocycles. The molecule has 0 unspecified atom stereocenters. The number of benzene rings is 4. The van der Waals surface area contributed by atoms with Crippen LogP contribution >= 0.6 is 0 Å². The lowest BCUT2D eigenvalue weighted by Crippen LogP contribution is -2.26. The maximum Gasteiger partial charge on any atom is 0.364 e. The van der Waals surface area contributed by atoms with Gasteiger partial charge in [-0.25, -0.2) is 4.79 Å². The van der Waals surface area contributed by atoms with E-state index in [1.807, 2.05) is 62.4 Å². The van der Waals surface area contributed by atoms with Crippen LogP contribution in [0.2, 0.25) is 0 Å². The van der Waals surface area contributed by atoms with Crippen molar-refractivity contribution in [3.8, 4) is 5.75 Å². The van der Waals surface area contributed by atoms with Gasteiger partial charge in [0.1, 0.15) is 10.7 Å². The number of ketones is 1. The van der Waals surface area contributed by atoms with Gasteiger partial charge in [-0.2, -0.15) is 13.2 Å². The number of carbonyl (C=O) groups is 2. The fourth-order valence-corrected chi connectivity index (χ4v) is 8.03. The van der Waals surface area contributed by atoms with Crippen molar-refractivity contribution in [3.05, 3.63) is 131 Å². The second-order valence-corrected chi connectivity index (χ2v) is 12.9. The van der Waals surface area contributed by atoms with E-state index < -0.39 is 39.1 Å². The van der Waals surface area contributed by atoms with Gasteiger partial charge in [0.15, 0.2) is 21.3 Å². The molecule has 5 rings (SSSR count). The number of rotatable bonds is 8. The molecule has 0 bridgehead atoms. The van der Waals surface area contributed by atoms with Gasteiger partial charge in [-0.15, -0.1) is 0 Å². The number of fused-ring (bicyclic) bond motifs is 1. The molecular formula is C32H25N2O6S2+. The van der Waals surface area contributed by atoms with E-state index in [4.69, 9.17) is 8.92 Å². The van der Waals surface area contributed by atoms with Crippen LogP contribution in [-0.2, 0) is 30.0 Å². The third-order valence-corrected chi connectivity index (χ3v) is 9.96. The molecule has 0 atom stereocenters. The number of carbonyl (C=O) groups excluding carboxylic acids is 2. The maximum atomic E-state index is 13.0. The molecule has 210 valence electrons. The molecule has 42 heavy (non-hydrogen) atoms. The number of aryl methyl sites for hydroxylation is 2. The molecule has 0 saturated heterocycles. The molecular weight excluding hydrogens is 572 g/mol. The number of ether oxygens (including phenoxy) is 1. The molecule has 0 aromatic heterocycles. The van der Waals surface area contributed by atoms with Crippen LogP contribution in [0, 0.1) is 13.8 Å². The molecule has 0 radical (unpaired) electrons. The van der Waals surface area contributed by atoms with Crippen LogP contribution in [0.1, 0.15) is 27.0 Å². The summed E-state index contributed by atoms with van der Waals surface area (Å²) >= 11 is 0. The number of hydrogen-bond donors (Lipinski definition) is 0. The van der Waals surface area contributed by atoms with Gasteiger partial charge in [-0.3, -0.25) is 4.79 Å². The first-order valence-corrected chi connectivity index (χ1v) is 15.5. The van der Waals surface area contributed by atoms with Crippen LogP contribution in [0.25, 0.3) is 10.4 Å². The average Bonchev–Trinajstić information content (AvgIpc) is 2.98. The summed E-state index contributed by atoms with van der Waals surface area (Å²) in [6, 6.07) is 30.2. The minimum Gasteiger partial charge on any atom is -0.481 e. The van der Waals surface area contributed by atoms with Crippen LogP contribution in [0.4, 0.5) is 0 Å². The van der Waals surface area contributed by atoms with Gasteiger partial charge < -0.3 is 14.5 Å². The second kappa shape index (κ2) is 12.0. The average molecular weight is 598 g/mol. The Kier molecular flexibility index (Phi) is 8.22. The van der Waals surface area contributed by atoms with Gasteiger partial charge in [0.05, 0.1) is 17.0 Å². The fourth-order valence-electron chi connectivity index (χ4n) is 4.68. The quantitative estimate of drug-likeness (QED) is 0.113. The van der Waals surface area contributed by atoms with E-state index in [-0.39, 0.29) is 22.0 Å². The smallest absolute Gasteiger partial charge is 0.364 e. The monoisotopic (exact) mass is 597 g/mol. The summed E-state index contributed by atoms with van der Waals surface area (Å²) in [6.07, 6.45) is 0.873. The molecule has 0 spiro atoms. The van der Waals surface area contributed by atoms with Gasteiger partial charge in [0, 0.05) is 23.3 Å². The van der Waals surface area contributed by atoms with Gasteiger partial charge in [-0.05, 0) is 49.2 Å². The molecule has 0 N–H and O–H groups in total. The van der Waals surface area contributed by atoms with Crippen LogP contribution in [0.3, 0.4) is 0 Å². The second-order valence-electron chi connectivity index (χ2n) is 9.39. The lowest BCUT2D eigenvalue weighted by Gasteiger charge is -2.16. The number of Topliss-reactive ketones (excluding diaryl/α,β-unsaturated/α-hetero) is 1. The Hall–Kier alpha value is -4.76.